The number of carbonyl (C=O) groups is 3. The Morgan fingerprint density at radius 2 is 1.83 bits per heavy atom. The Hall–Kier alpha value is -2.64. The number of amides is 4. The summed E-state index contributed by atoms with van der Waals surface area (Å²) in [6, 6.07) is 10.2. The Balaban J connectivity index is 1.77. The molecular formula is C21H20Cl2FN3O3. The monoisotopic (exact) mass is 451 g/mol. The highest BCUT2D eigenvalue weighted by Gasteiger charge is 2.51. The molecule has 0 aliphatic carbocycles. The molecule has 6 nitrogen and oxygen atoms in total. The van der Waals surface area contributed by atoms with Crippen LogP contribution in [0.3, 0.4) is 0 Å². The molecular weight excluding hydrogens is 432 g/mol. The number of urea groups is 1. The lowest BCUT2D eigenvalue weighted by atomic mass is 9.87. The zero-order valence-electron chi connectivity index (χ0n) is 16.4. The SMILES string of the molecule is CCC1(c2ccc(Cl)cc2)NC(=O)N(CC(=O)N(C)Cc2c(F)cccc2Cl)C1=O. The predicted molar refractivity (Wildman–Crippen MR) is 112 cm³/mol. The minimum absolute atomic E-state index is 0.0932. The lowest BCUT2D eigenvalue weighted by Gasteiger charge is -2.26. The largest absolute Gasteiger partial charge is 0.340 e. The average Bonchev–Trinajstić information content (AvgIpc) is 2.96. The van der Waals surface area contributed by atoms with E-state index in [2.05, 4.69) is 5.32 Å². The van der Waals surface area contributed by atoms with Gasteiger partial charge in [0.25, 0.3) is 5.91 Å². The maximum Gasteiger partial charge on any atom is 0.325 e. The van der Waals surface area contributed by atoms with Gasteiger partial charge in [-0.1, -0.05) is 48.3 Å². The molecule has 3 rings (SSSR count). The third-order valence-corrected chi connectivity index (χ3v) is 5.83. The summed E-state index contributed by atoms with van der Waals surface area (Å²) in [4.78, 5) is 40.4. The summed E-state index contributed by atoms with van der Waals surface area (Å²) in [5.74, 6) is -1.59. The first-order valence-corrected chi connectivity index (χ1v) is 10.0. The summed E-state index contributed by atoms with van der Waals surface area (Å²) in [5.41, 5.74) is -0.527. The van der Waals surface area contributed by atoms with Crippen molar-refractivity contribution in [3.05, 3.63) is 69.5 Å². The fourth-order valence-electron chi connectivity index (χ4n) is 3.41. The standard InChI is InChI=1S/C21H20Cl2FN3O3/c1-3-21(13-7-9-14(22)10-8-13)19(29)27(20(30)25-21)12-18(28)26(2)11-15-16(23)5-4-6-17(15)24/h4-10H,3,11-12H2,1-2H3,(H,25,30). The van der Waals surface area contributed by atoms with E-state index in [1.54, 1.807) is 31.2 Å². The van der Waals surface area contributed by atoms with Gasteiger partial charge in [0, 0.05) is 29.2 Å². The number of rotatable bonds is 6. The van der Waals surface area contributed by atoms with Gasteiger partial charge in [-0.15, -0.1) is 0 Å². The molecule has 1 unspecified atom stereocenters. The summed E-state index contributed by atoms with van der Waals surface area (Å²) in [7, 11) is 1.45. The maximum absolute atomic E-state index is 14.0. The molecule has 2 aromatic carbocycles. The van der Waals surface area contributed by atoms with Crippen LogP contribution in [-0.4, -0.2) is 41.2 Å². The van der Waals surface area contributed by atoms with Crippen molar-refractivity contribution in [3.8, 4) is 0 Å². The highest BCUT2D eigenvalue weighted by molar-refractivity contribution is 6.31. The number of carbonyl (C=O) groups excluding carboxylic acids is 3. The smallest absolute Gasteiger partial charge is 0.325 e. The van der Waals surface area contributed by atoms with Gasteiger partial charge in [-0.3, -0.25) is 14.5 Å². The van der Waals surface area contributed by atoms with E-state index in [4.69, 9.17) is 23.2 Å². The second-order valence-electron chi connectivity index (χ2n) is 7.04. The molecule has 4 amide bonds. The molecule has 1 fully saturated rings. The van der Waals surface area contributed by atoms with Gasteiger partial charge in [-0.2, -0.15) is 0 Å². The van der Waals surface area contributed by atoms with Crippen LogP contribution >= 0.6 is 23.2 Å². The lowest BCUT2D eigenvalue weighted by molar-refractivity contribution is -0.138. The number of hydrogen-bond donors (Lipinski definition) is 1. The zero-order chi connectivity index (χ0) is 22.1. The molecule has 2 aromatic rings. The molecule has 30 heavy (non-hydrogen) atoms. The number of halogens is 3. The Labute approximate surface area is 183 Å². The van der Waals surface area contributed by atoms with E-state index in [0.717, 1.165) is 4.90 Å². The van der Waals surface area contributed by atoms with Crippen molar-refractivity contribution in [2.75, 3.05) is 13.6 Å². The Bertz CT molecular complexity index is 979. The number of hydrogen-bond acceptors (Lipinski definition) is 3. The second-order valence-corrected chi connectivity index (χ2v) is 7.88. The second kappa shape index (κ2) is 8.62. The van der Waals surface area contributed by atoms with E-state index < -0.39 is 35.7 Å². The van der Waals surface area contributed by atoms with Crippen molar-refractivity contribution in [1.29, 1.82) is 0 Å². The van der Waals surface area contributed by atoms with Crippen molar-refractivity contribution < 1.29 is 18.8 Å². The third kappa shape index (κ3) is 4.00. The molecule has 0 aromatic heterocycles. The molecule has 158 valence electrons. The minimum Gasteiger partial charge on any atom is -0.340 e. The Kier molecular flexibility index (Phi) is 6.33. The summed E-state index contributed by atoms with van der Waals surface area (Å²) >= 11 is 11.9. The number of likely N-dealkylation sites (N-methyl/N-ethyl adjacent to an activating group) is 1. The normalized spacial score (nSPS) is 18.5. The fraction of sp³-hybridized carbons (Fsp3) is 0.286. The van der Waals surface area contributed by atoms with Gasteiger partial charge >= 0.3 is 6.03 Å². The van der Waals surface area contributed by atoms with Gasteiger partial charge in [0.1, 0.15) is 17.9 Å². The summed E-state index contributed by atoms with van der Waals surface area (Å²) in [6.07, 6.45) is 0.296. The van der Waals surface area contributed by atoms with Crippen LogP contribution in [0.1, 0.15) is 24.5 Å². The van der Waals surface area contributed by atoms with Crippen molar-refractivity contribution in [3.63, 3.8) is 0 Å². The lowest BCUT2D eigenvalue weighted by Crippen LogP contribution is -2.45. The van der Waals surface area contributed by atoms with E-state index >= 15 is 0 Å². The van der Waals surface area contributed by atoms with Crippen molar-refractivity contribution >= 4 is 41.0 Å². The van der Waals surface area contributed by atoms with E-state index in [1.165, 1.54) is 30.1 Å². The molecule has 1 aliphatic rings. The third-order valence-electron chi connectivity index (χ3n) is 5.22. The first-order chi connectivity index (χ1) is 14.2. The quantitative estimate of drug-likeness (QED) is 0.675. The van der Waals surface area contributed by atoms with Gasteiger partial charge in [-0.05, 0) is 36.2 Å². The topological polar surface area (TPSA) is 69.7 Å². The molecule has 0 saturated carbocycles. The van der Waals surface area contributed by atoms with Gasteiger partial charge in [-0.25, -0.2) is 9.18 Å². The molecule has 1 saturated heterocycles. The van der Waals surface area contributed by atoms with Crippen LogP contribution in [0.2, 0.25) is 10.0 Å². The van der Waals surface area contributed by atoms with Crippen LogP contribution in [0.4, 0.5) is 9.18 Å². The number of imide groups is 1. The van der Waals surface area contributed by atoms with E-state index in [-0.39, 0.29) is 17.1 Å². The van der Waals surface area contributed by atoms with Crippen LogP contribution in [-0.2, 0) is 21.7 Å². The van der Waals surface area contributed by atoms with Crippen LogP contribution in [0.25, 0.3) is 0 Å². The van der Waals surface area contributed by atoms with E-state index in [9.17, 15) is 18.8 Å². The summed E-state index contributed by atoms with van der Waals surface area (Å²) < 4.78 is 14.0. The maximum atomic E-state index is 14.0. The van der Waals surface area contributed by atoms with Gasteiger partial charge < -0.3 is 10.2 Å². The van der Waals surface area contributed by atoms with Crippen LogP contribution in [0, 0.1) is 5.82 Å². The zero-order valence-corrected chi connectivity index (χ0v) is 17.9. The first-order valence-electron chi connectivity index (χ1n) is 9.26. The van der Waals surface area contributed by atoms with Crippen LogP contribution in [0.5, 0.6) is 0 Å². The first kappa shape index (κ1) is 22.1. The number of nitrogens with zero attached hydrogens (tertiary/aromatic N) is 2. The molecule has 0 radical (unpaired) electrons. The van der Waals surface area contributed by atoms with Crippen molar-refractivity contribution in [1.82, 2.24) is 15.1 Å². The molecule has 1 atom stereocenters. The molecule has 1 N–H and O–H groups in total. The number of nitrogens with one attached hydrogen (secondary N) is 1. The summed E-state index contributed by atoms with van der Waals surface area (Å²) in [6.45, 7) is 1.21. The van der Waals surface area contributed by atoms with Crippen LogP contribution in [0.15, 0.2) is 42.5 Å². The number of benzene rings is 2. The average molecular weight is 452 g/mol. The van der Waals surface area contributed by atoms with E-state index in [0.29, 0.717) is 17.0 Å². The minimum atomic E-state index is -1.27. The summed E-state index contributed by atoms with van der Waals surface area (Å²) in [5, 5.41) is 3.40. The molecule has 0 bridgehead atoms. The molecule has 1 heterocycles. The molecule has 9 heteroatoms. The van der Waals surface area contributed by atoms with Gasteiger partial charge in [0.2, 0.25) is 5.91 Å². The highest BCUT2D eigenvalue weighted by atomic mass is 35.5. The molecule has 0 spiro atoms. The Morgan fingerprint density at radius 1 is 1.17 bits per heavy atom. The highest BCUT2D eigenvalue weighted by Crippen LogP contribution is 2.33. The predicted octanol–water partition coefficient (Wildman–Crippen LogP) is 3.95. The fourth-order valence-corrected chi connectivity index (χ4v) is 3.76. The van der Waals surface area contributed by atoms with Gasteiger partial charge in [0.15, 0.2) is 0 Å². The Morgan fingerprint density at radius 3 is 2.43 bits per heavy atom. The van der Waals surface area contributed by atoms with Crippen molar-refractivity contribution in [2.45, 2.75) is 25.4 Å². The van der Waals surface area contributed by atoms with Gasteiger partial charge in [0.05, 0.1) is 0 Å². The molecule has 1 aliphatic heterocycles. The van der Waals surface area contributed by atoms with E-state index in [1.807, 2.05) is 0 Å². The van der Waals surface area contributed by atoms with Crippen LogP contribution < -0.4 is 5.32 Å². The van der Waals surface area contributed by atoms with Crippen molar-refractivity contribution in [2.24, 2.45) is 0 Å².